The summed E-state index contributed by atoms with van der Waals surface area (Å²) in [5, 5.41) is 7.90. The number of hydrogen-bond donors (Lipinski definition) is 2. The molecule has 2 aromatic carbocycles. The van der Waals surface area contributed by atoms with Gasteiger partial charge >= 0.3 is 0 Å². The van der Waals surface area contributed by atoms with Crippen LogP contribution in [0.5, 0.6) is 0 Å². The SMILES string of the molecule is Cc1ccc(NCC(=O)N/N=C/c2cc(C)n(-c3ccccc3Cl)c2C)cc1C. The number of anilines is 1. The number of carbonyl (C=O) groups is 1. The molecule has 0 saturated heterocycles. The molecule has 0 aliphatic heterocycles. The van der Waals surface area contributed by atoms with Crippen molar-refractivity contribution in [2.24, 2.45) is 5.10 Å². The Balaban J connectivity index is 1.63. The predicted molar refractivity (Wildman–Crippen MR) is 120 cm³/mol. The molecule has 2 N–H and O–H groups in total. The van der Waals surface area contributed by atoms with Crippen molar-refractivity contribution in [1.29, 1.82) is 0 Å². The van der Waals surface area contributed by atoms with Crippen LogP contribution in [0, 0.1) is 27.7 Å². The molecule has 0 fully saturated rings. The van der Waals surface area contributed by atoms with Crippen LogP contribution in [0.4, 0.5) is 5.69 Å². The van der Waals surface area contributed by atoms with Crippen molar-refractivity contribution in [3.05, 3.63) is 81.6 Å². The van der Waals surface area contributed by atoms with Crippen molar-refractivity contribution in [3.63, 3.8) is 0 Å². The number of carbonyl (C=O) groups excluding carboxylic acids is 1. The van der Waals surface area contributed by atoms with E-state index in [0.717, 1.165) is 28.3 Å². The Morgan fingerprint density at radius 1 is 1.07 bits per heavy atom. The fourth-order valence-corrected chi connectivity index (χ4v) is 3.39. The zero-order valence-corrected chi connectivity index (χ0v) is 17.8. The molecule has 3 rings (SSSR count). The first-order valence-corrected chi connectivity index (χ1v) is 9.81. The summed E-state index contributed by atoms with van der Waals surface area (Å²) in [5.41, 5.74) is 9.77. The van der Waals surface area contributed by atoms with E-state index in [4.69, 9.17) is 11.6 Å². The molecule has 0 unspecified atom stereocenters. The van der Waals surface area contributed by atoms with Gasteiger partial charge in [0, 0.05) is 22.6 Å². The number of aryl methyl sites for hydroxylation is 3. The molecule has 6 heteroatoms. The van der Waals surface area contributed by atoms with Crippen molar-refractivity contribution in [2.45, 2.75) is 27.7 Å². The Bertz CT molecular complexity index is 1070. The van der Waals surface area contributed by atoms with Crippen molar-refractivity contribution in [2.75, 3.05) is 11.9 Å². The Hall–Kier alpha value is -3.05. The summed E-state index contributed by atoms with van der Waals surface area (Å²) < 4.78 is 2.08. The third-order valence-corrected chi connectivity index (χ3v) is 5.24. The van der Waals surface area contributed by atoms with Crippen LogP contribution in [-0.4, -0.2) is 23.2 Å². The number of amides is 1. The van der Waals surface area contributed by atoms with Gasteiger partial charge < -0.3 is 9.88 Å². The van der Waals surface area contributed by atoms with Gasteiger partial charge in [0.15, 0.2) is 0 Å². The lowest BCUT2D eigenvalue weighted by atomic mass is 10.1. The molecule has 150 valence electrons. The average Bonchev–Trinajstić information content (AvgIpc) is 2.97. The van der Waals surface area contributed by atoms with E-state index in [-0.39, 0.29) is 12.5 Å². The third kappa shape index (κ3) is 4.87. The van der Waals surface area contributed by atoms with Crippen LogP contribution in [0.1, 0.15) is 28.1 Å². The maximum atomic E-state index is 12.1. The van der Waals surface area contributed by atoms with Crippen molar-refractivity contribution >= 4 is 29.4 Å². The fourth-order valence-electron chi connectivity index (χ4n) is 3.17. The zero-order chi connectivity index (χ0) is 21.0. The van der Waals surface area contributed by atoms with Crippen molar-refractivity contribution < 1.29 is 4.79 Å². The van der Waals surface area contributed by atoms with E-state index >= 15 is 0 Å². The first kappa shape index (κ1) is 20.7. The largest absolute Gasteiger partial charge is 0.376 e. The number of benzene rings is 2. The second-order valence-corrected chi connectivity index (χ2v) is 7.47. The van der Waals surface area contributed by atoms with E-state index < -0.39 is 0 Å². The molecular formula is C23H25ClN4O. The topological polar surface area (TPSA) is 58.4 Å². The van der Waals surface area contributed by atoms with Crippen LogP contribution in [0.25, 0.3) is 5.69 Å². The van der Waals surface area contributed by atoms with Crippen LogP contribution in [0.2, 0.25) is 5.02 Å². The van der Waals surface area contributed by atoms with Gasteiger partial charge in [-0.2, -0.15) is 5.10 Å². The minimum absolute atomic E-state index is 0.151. The molecule has 0 bridgehead atoms. The van der Waals surface area contributed by atoms with Gasteiger partial charge in [0.2, 0.25) is 0 Å². The molecule has 0 spiro atoms. The smallest absolute Gasteiger partial charge is 0.259 e. The summed E-state index contributed by atoms with van der Waals surface area (Å²) in [6, 6.07) is 15.7. The van der Waals surface area contributed by atoms with Gasteiger partial charge in [-0.1, -0.05) is 29.8 Å². The first-order chi connectivity index (χ1) is 13.9. The van der Waals surface area contributed by atoms with Crippen molar-refractivity contribution in [3.8, 4) is 5.69 Å². The summed E-state index contributed by atoms with van der Waals surface area (Å²) in [5.74, 6) is -0.209. The minimum Gasteiger partial charge on any atom is -0.376 e. The summed E-state index contributed by atoms with van der Waals surface area (Å²) >= 11 is 6.34. The number of rotatable bonds is 6. The first-order valence-electron chi connectivity index (χ1n) is 9.43. The van der Waals surface area contributed by atoms with E-state index in [1.807, 2.05) is 69.3 Å². The van der Waals surface area contributed by atoms with Gasteiger partial charge in [-0.05, 0) is 69.2 Å². The fraction of sp³-hybridized carbons (Fsp3) is 0.217. The third-order valence-electron chi connectivity index (χ3n) is 4.92. The predicted octanol–water partition coefficient (Wildman–Crippen LogP) is 4.93. The van der Waals surface area contributed by atoms with Crippen LogP contribution < -0.4 is 10.7 Å². The molecule has 0 aliphatic carbocycles. The van der Waals surface area contributed by atoms with Crippen molar-refractivity contribution in [1.82, 2.24) is 9.99 Å². The highest BCUT2D eigenvalue weighted by atomic mass is 35.5. The van der Waals surface area contributed by atoms with Crippen LogP contribution in [0.3, 0.4) is 0 Å². The summed E-state index contributed by atoms with van der Waals surface area (Å²) in [6.45, 7) is 8.27. The summed E-state index contributed by atoms with van der Waals surface area (Å²) in [6.07, 6.45) is 1.66. The number of para-hydroxylation sites is 1. The van der Waals surface area contributed by atoms with Crippen LogP contribution >= 0.6 is 11.6 Å². The van der Waals surface area contributed by atoms with Gasteiger partial charge in [-0.15, -0.1) is 0 Å². The number of hydrazone groups is 1. The highest BCUT2D eigenvalue weighted by Crippen LogP contribution is 2.25. The maximum absolute atomic E-state index is 12.1. The van der Waals surface area contributed by atoms with Gasteiger partial charge in [0.05, 0.1) is 23.5 Å². The second kappa shape index (κ2) is 8.97. The molecule has 0 saturated carbocycles. The number of aromatic nitrogens is 1. The number of nitrogens with zero attached hydrogens (tertiary/aromatic N) is 2. The quantitative estimate of drug-likeness (QED) is 0.449. The zero-order valence-electron chi connectivity index (χ0n) is 17.1. The lowest BCUT2D eigenvalue weighted by molar-refractivity contribution is -0.119. The Kier molecular flexibility index (Phi) is 6.39. The number of nitrogens with one attached hydrogen (secondary N) is 2. The van der Waals surface area contributed by atoms with Gasteiger partial charge in [0.1, 0.15) is 0 Å². The van der Waals surface area contributed by atoms with Gasteiger partial charge in [-0.25, -0.2) is 5.43 Å². The normalized spacial score (nSPS) is 11.1. The molecule has 1 heterocycles. The molecule has 0 aliphatic rings. The molecule has 3 aromatic rings. The van der Waals surface area contributed by atoms with E-state index in [1.165, 1.54) is 11.1 Å². The maximum Gasteiger partial charge on any atom is 0.259 e. The lowest BCUT2D eigenvalue weighted by Crippen LogP contribution is -2.25. The van der Waals surface area contributed by atoms with Gasteiger partial charge in [-0.3, -0.25) is 4.79 Å². The molecule has 29 heavy (non-hydrogen) atoms. The Morgan fingerprint density at radius 2 is 1.83 bits per heavy atom. The lowest BCUT2D eigenvalue weighted by Gasteiger charge is -2.11. The van der Waals surface area contributed by atoms with E-state index in [2.05, 4.69) is 27.3 Å². The summed E-state index contributed by atoms with van der Waals surface area (Å²) in [7, 11) is 0. The van der Waals surface area contributed by atoms with Crippen LogP contribution in [0.15, 0.2) is 53.6 Å². The summed E-state index contributed by atoms with van der Waals surface area (Å²) in [4.78, 5) is 12.1. The monoisotopic (exact) mass is 408 g/mol. The Morgan fingerprint density at radius 3 is 2.55 bits per heavy atom. The standard InChI is InChI=1S/C23H25ClN4O/c1-15-9-10-20(11-16(15)2)25-14-23(29)27-26-13-19-12-17(3)28(18(19)4)22-8-6-5-7-21(22)24/h5-13,25H,14H2,1-4H3,(H,27,29)/b26-13+. The van der Waals surface area contributed by atoms with E-state index in [9.17, 15) is 4.79 Å². The van der Waals surface area contributed by atoms with E-state index in [0.29, 0.717) is 5.02 Å². The molecular weight excluding hydrogens is 384 g/mol. The van der Waals surface area contributed by atoms with Crippen LogP contribution in [-0.2, 0) is 4.79 Å². The second-order valence-electron chi connectivity index (χ2n) is 7.06. The number of hydrogen-bond acceptors (Lipinski definition) is 3. The van der Waals surface area contributed by atoms with Gasteiger partial charge in [0.25, 0.3) is 5.91 Å². The minimum atomic E-state index is -0.209. The molecule has 0 radical (unpaired) electrons. The Labute approximate surface area is 176 Å². The molecule has 1 aromatic heterocycles. The number of halogens is 1. The highest BCUT2D eigenvalue weighted by molar-refractivity contribution is 6.32. The van der Waals surface area contributed by atoms with E-state index in [1.54, 1.807) is 6.21 Å². The molecule has 1 amide bonds. The molecule has 0 atom stereocenters. The highest BCUT2D eigenvalue weighted by Gasteiger charge is 2.11. The molecule has 5 nitrogen and oxygen atoms in total. The average molecular weight is 409 g/mol.